The first-order valence-electron chi connectivity index (χ1n) is 5.67. The molecule has 0 amide bonds. The van der Waals surface area contributed by atoms with E-state index in [1.54, 1.807) is 6.07 Å². The van der Waals surface area contributed by atoms with E-state index in [4.69, 9.17) is 16.3 Å². The average Bonchev–Trinajstić information content (AvgIpc) is 2.30. The molecule has 16 heavy (non-hydrogen) atoms. The monoisotopic (exact) mass is 240 g/mol. The van der Waals surface area contributed by atoms with Gasteiger partial charge in [0.1, 0.15) is 11.0 Å². The number of aromatic nitrogens is 1. The first kappa shape index (κ1) is 11.7. The van der Waals surface area contributed by atoms with E-state index in [2.05, 4.69) is 16.9 Å². The van der Waals surface area contributed by atoms with E-state index in [1.807, 2.05) is 12.1 Å². The molecule has 2 rings (SSSR count). The molecule has 0 saturated carbocycles. The van der Waals surface area contributed by atoms with Crippen molar-refractivity contribution in [1.82, 2.24) is 4.98 Å². The minimum absolute atomic E-state index is 0.552. The normalized spacial score (nSPS) is 17.4. The van der Waals surface area contributed by atoms with E-state index in [1.165, 1.54) is 0 Å². The van der Waals surface area contributed by atoms with Crippen LogP contribution < -0.4 is 4.90 Å². The van der Waals surface area contributed by atoms with Gasteiger partial charge in [0.15, 0.2) is 0 Å². The van der Waals surface area contributed by atoms with Gasteiger partial charge in [0.05, 0.1) is 0 Å². The molecule has 1 fully saturated rings. The zero-order valence-electron chi connectivity index (χ0n) is 9.53. The summed E-state index contributed by atoms with van der Waals surface area (Å²) in [5, 5.41) is 0.552. The molecule has 0 bridgehead atoms. The molecule has 3 nitrogen and oxygen atoms in total. The van der Waals surface area contributed by atoms with E-state index in [-0.39, 0.29) is 0 Å². The van der Waals surface area contributed by atoms with Gasteiger partial charge in [-0.3, -0.25) is 0 Å². The Hall–Kier alpha value is -0.800. The summed E-state index contributed by atoms with van der Waals surface area (Å²) in [6.07, 6.45) is 2.29. The third-order valence-corrected chi connectivity index (χ3v) is 3.17. The second-order valence-electron chi connectivity index (χ2n) is 4.25. The second kappa shape index (κ2) is 5.51. The number of hydrogen-bond acceptors (Lipinski definition) is 3. The average molecular weight is 241 g/mol. The highest BCUT2D eigenvalue weighted by Gasteiger charge is 2.16. The van der Waals surface area contributed by atoms with Gasteiger partial charge in [-0.05, 0) is 30.9 Å². The van der Waals surface area contributed by atoms with Crippen LogP contribution in [0, 0.1) is 5.92 Å². The van der Waals surface area contributed by atoms with Gasteiger partial charge in [0.25, 0.3) is 0 Å². The molecule has 2 heterocycles. The number of rotatable bonds is 3. The lowest BCUT2D eigenvalue weighted by Crippen LogP contribution is -2.30. The lowest BCUT2D eigenvalue weighted by atomic mass is 10.00. The van der Waals surface area contributed by atoms with Gasteiger partial charge in [-0.15, -0.1) is 0 Å². The van der Waals surface area contributed by atoms with E-state index >= 15 is 0 Å². The van der Waals surface area contributed by atoms with Crippen molar-refractivity contribution in [3.63, 3.8) is 0 Å². The number of hydrogen-bond donors (Lipinski definition) is 0. The van der Waals surface area contributed by atoms with Gasteiger partial charge in [-0.1, -0.05) is 17.7 Å². The number of nitrogens with zero attached hydrogens (tertiary/aromatic N) is 2. The number of anilines is 1. The van der Waals surface area contributed by atoms with Crippen molar-refractivity contribution >= 4 is 17.4 Å². The third-order valence-electron chi connectivity index (χ3n) is 2.96. The van der Waals surface area contributed by atoms with Crippen LogP contribution in [0.3, 0.4) is 0 Å². The van der Waals surface area contributed by atoms with E-state index in [0.717, 1.165) is 38.4 Å². The highest BCUT2D eigenvalue weighted by Crippen LogP contribution is 2.19. The zero-order valence-corrected chi connectivity index (χ0v) is 10.3. The molecule has 0 spiro atoms. The summed E-state index contributed by atoms with van der Waals surface area (Å²) in [5.41, 5.74) is 0. The lowest BCUT2D eigenvalue weighted by Gasteiger charge is -2.27. The summed E-state index contributed by atoms with van der Waals surface area (Å²) in [6, 6.07) is 5.73. The molecular formula is C12H17ClN2O. The third kappa shape index (κ3) is 3.09. The summed E-state index contributed by atoms with van der Waals surface area (Å²) in [6.45, 7) is 2.81. The van der Waals surface area contributed by atoms with Gasteiger partial charge in [-0.2, -0.15) is 0 Å². The molecule has 0 aliphatic carbocycles. The van der Waals surface area contributed by atoms with Gasteiger partial charge in [-0.25, -0.2) is 4.98 Å². The molecule has 1 aliphatic rings. The summed E-state index contributed by atoms with van der Waals surface area (Å²) in [7, 11) is 2.06. The van der Waals surface area contributed by atoms with Crippen molar-refractivity contribution in [3.8, 4) is 0 Å². The molecule has 88 valence electrons. The first-order chi connectivity index (χ1) is 7.75. The molecule has 0 N–H and O–H groups in total. The van der Waals surface area contributed by atoms with Gasteiger partial charge in [0, 0.05) is 26.8 Å². The Morgan fingerprint density at radius 1 is 1.44 bits per heavy atom. The Morgan fingerprint density at radius 2 is 2.19 bits per heavy atom. The molecule has 0 radical (unpaired) electrons. The zero-order chi connectivity index (χ0) is 11.4. The van der Waals surface area contributed by atoms with Gasteiger partial charge < -0.3 is 9.64 Å². The van der Waals surface area contributed by atoms with Crippen LogP contribution in [-0.2, 0) is 4.74 Å². The maximum atomic E-state index is 5.87. The van der Waals surface area contributed by atoms with Crippen LogP contribution in [0.2, 0.25) is 5.15 Å². The van der Waals surface area contributed by atoms with Crippen molar-refractivity contribution in [1.29, 1.82) is 0 Å². The summed E-state index contributed by atoms with van der Waals surface area (Å²) in [4.78, 5) is 6.47. The van der Waals surface area contributed by atoms with Gasteiger partial charge in [0.2, 0.25) is 0 Å². The molecule has 1 aliphatic heterocycles. The summed E-state index contributed by atoms with van der Waals surface area (Å²) in [5.74, 6) is 1.65. The molecule has 1 aromatic rings. The van der Waals surface area contributed by atoms with Crippen LogP contribution in [0.1, 0.15) is 12.8 Å². The largest absolute Gasteiger partial charge is 0.381 e. The predicted octanol–water partition coefficient (Wildman–Crippen LogP) is 2.60. The van der Waals surface area contributed by atoms with Crippen LogP contribution in [-0.4, -0.2) is 31.8 Å². The van der Waals surface area contributed by atoms with Crippen molar-refractivity contribution in [2.75, 3.05) is 31.7 Å². The fourth-order valence-electron chi connectivity index (χ4n) is 2.02. The standard InChI is InChI=1S/C12H17ClN2O/c1-15(9-10-5-7-16-8-6-10)12-4-2-3-11(13)14-12/h2-4,10H,5-9H2,1H3. The Balaban J connectivity index is 1.94. The Kier molecular flexibility index (Phi) is 4.02. The second-order valence-corrected chi connectivity index (χ2v) is 4.64. The van der Waals surface area contributed by atoms with Crippen LogP contribution in [0.4, 0.5) is 5.82 Å². The Labute approximate surface area is 101 Å². The SMILES string of the molecule is CN(CC1CCOCC1)c1cccc(Cl)n1. The molecule has 1 saturated heterocycles. The minimum atomic E-state index is 0.552. The van der Waals surface area contributed by atoms with Crippen molar-refractivity contribution in [2.45, 2.75) is 12.8 Å². The van der Waals surface area contributed by atoms with Crippen molar-refractivity contribution in [3.05, 3.63) is 23.4 Å². The fraction of sp³-hybridized carbons (Fsp3) is 0.583. The Bertz CT molecular complexity index is 340. The minimum Gasteiger partial charge on any atom is -0.381 e. The number of halogens is 1. The fourth-order valence-corrected chi connectivity index (χ4v) is 2.18. The highest BCUT2D eigenvalue weighted by molar-refractivity contribution is 6.29. The number of pyridine rings is 1. The smallest absolute Gasteiger partial charge is 0.131 e. The lowest BCUT2D eigenvalue weighted by molar-refractivity contribution is 0.0685. The quantitative estimate of drug-likeness (QED) is 0.760. The van der Waals surface area contributed by atoms with E-state index < -0.39 is 0 Å². The van der Waals surface area contributed by atoms with Gasteiger partial charge >= 0.3 is 0 Å². The molecular weight excluding hydrogens is 224 g/mol. The molecule has 0 unspecified atom stereocenters. The molecule has 4 heteroatoms. The topological polar surface area (TPSA) is 25.4 Å². The molecule has 0 atom stereocenters. The van der Waals surface area contributed by atoms with Crippen molar-refractivity contribution in [2.24, 2.45) is 5.92 Å². The molecule has 1 aromatic heterocycles. The van der Waals surface area contributed by atoms with Crippen LogP contribution in [0.25, 0.3) is 0 Å². The van der Waals surface area contributed by atoms with Crippen LogP contribution >= 0.6 is 11.6 Å². The Morgan fingerprint density at radius 3 is 2.88 bits per heavy atom. The van der Waals surface area contributed by atoms with Crippen LogP contribution in [0.5, 0.6) is 0 Å². The number of ether oxygens (including phenoxy) is 1. The van der Waals surface area contributed by atoms with Crippen LogP contribution in [0.15, 0.2) is 18.2 Å². The predicted molar refractivity (Wildman–Crippen MR) is 66.1 cm³/mol. The molecule has 0 aromatic carbocycles. The van der Waals surface area contributed by atoms with Crippen molar-refractivity contribution < 1.29 is 4.74 Å². The van der Waals surface area contributed by atoms with E-state index in [9.17, 15) is 0 Å². The first-order valence-corrected chi connectivity index (χ1v) is 6.05. The highest BCUT2D eigenvalue weighted by atomic mass is 35.5. The summed E-state index contributed by atoms with van der Waals surface area (Å²) < 4.78 is 5.35. The summed E-state index contributed by atoms with van der Waals surface area (Å²) >= 11 is 5.87. The maximum Gasteiger partial charge on any atom is 0.131 e. The maximum absolute atomic E-state index is 5.87. The van der Waals surface area contributed by atoms with E-state index in [0.29, 0.717) is 11.1 Å².